The van der Waals surface area contributed by atoms with E-state index in [2.05, 4.69) is 48.3 Å². The maximum absolute atomic E-state index is 12.4. The zero-order valence-electron chi connectivity index (χ0n) is 13.9. The molecule has 1 aliphatic heterocycles. The van der Waals surface area contributed by atoms with E-state index in [1.54, 1.807) is 6.08 Å². The van der Waals surface area contributed by atoms with Crippen molar-refractivity contribution < 1.29 is 4.79 Å². The van der Waals surface area contributed by atoms with Crippen LogP contribution in [0.15, 0.2) is 36.0 Å². The second kappa shape index (κ2) is 5.79. The maximum Gasteiger partial charge on any atom is 0.245 e. The molecule has 0 aromatic heterocycles. The van der Waals surface area contributed by atoms with Crippen molar-refractivity contribution >= 4 is 11.6 Å². The fourth-order valence-corrected chi connectivity index (χ4v) is 3.87. The van der Waals surface area contributed by atoms with Gasteiger partial charge < -0.3 is 10.2 Å². The first kappa shape index (κ1) is 15.1. The highest BCUT2D eigenvalue weighted by atomic mass is 16.1. The van der Waals surface area contributed by atoms with E-state index >= 15 is 0 Å². The Morgan fingerprint density at radius 3 is 2.59 bits per heavy atom. The number of anilines is 1. The number of amides is 1. The predicted octanol–water partition coefficient (Wildman–Crippen LogP) is 3.75. The molecule has 1 fully saturated rings. The van der Waals surface area contributed by atoms with Crippen molar-refractivity contribution in [3.63, 3.8) is 0 Å². The molecule has 3 rings (SSSR count). The van der Waals surface area contributed by atoms with E-state index in [1.165, 1.54) is 30.5 Å². The van der Waals surface area contributed by atoms with Gasteiger partial charge in [0.05, 0.1) is 0 Å². The molecule has 1 N–H and O–H groups in total. The molecule has 1 heterocycles. The number of carbonyl (C=O) groups excluding carboxylic acids is 1. The molecule has 3 nitrogen and oxygen atoms in total. The first-order valence-electron chi connectivity index (χ1n) is 8.36. The molecular weight excluding hydrogens is 272 g/mol. The van der Waals surface area contributed by atoms with Gasteiger partial charge in [0.1, 0.15) is 0 Å². The van der Waals surface area contributed by atoms with Crippen molar-refractivity contribution in [1.82, 2.24) is 5.32 Å². The topological polar surface area (TPSA) is 32.3 Å². The molecule has 3 heteroatoms. The Labute approximate surface area is 133 Å². The molecule has 118 valence electrons. The van der Waals surface area contributed by atoms with E-state index in [0.29, 0.717) is 6.04 Å². The Bertz CT molecular complexity index is 597. The van der Waals surface area contributed by atoms with Crippen molar-refractivity contribution in [2.75, 3.05) is 11.9 Å². The highest BCUT2D eigenvalue weighted by molar-refractivity contribution is 5.90. The van der Waals surface area contributed by atoms with Crippen molar-refractivity contribution in [3.05, 3.63) is 41.6 Å². The molecule has 0 saturated heterocycles. The lowest BCUT2D eigenvalue weighted by Gasteiger charge is -2.25. The molecule has 1 aliphatic carbocycles. The number of para-hydroxylation sites is 1. The van der Waals surface area contributed by atoms with E-state index in [-0.39, 0.29) is 11.3 Å². The highest BCUT2D eigenvalue weighted by Crippen LogP contribution is 2.46. The van der Waals surface area contributed by atoms with Gasteiger partial charge in [-0.3, -0.25) is 4.79 Å². The number of nitrogens with zero attached hydrogens (tertiary/aromatic N) is 1. The minimum absolute atomic E-state index is 0.0506. The smallest absolute Gasteiger partial charge is 0.245 e. The van der Waals surface area contributed by atoms with Gasteiger partial charge in [0.2, 0.25) is 5.91 Å². The molecule has 1 aromatic carbocycles. The minimum Gasteiger partial charge on any atom is -0.350 e. The number of hydrogen-bond donors (Lipinski definition) is 1. The van der Waals surface area contributed by atoms with Crippen LogP contribution < -0.4 is 10.2 Å². The van der Waals surface area contributed by atoms with Gasteiger partial charge in [-0.15, -0.1) is 0 Å². The van der Waals surface area contributed by atoms with Gasteiger partial charge in [0, 0.05) is 36.0 Å². The van der Waals surface area contributed by atoms with Crippen LogP contribution in [-0.4, -0.2) is 19.0 Å². The Kier molecular flexibility index (Phi) is 3.98. The summed E-state index contributed by atoms with van der Waals surface area (Å²) in [5, 5.41) is 3.19. The second-order valence-corrected chi connectivity index (χ2v) is 7.07. The normalized spacial score (nSPS) is 22.7. The number of nitrogens with one attached hydrogen (secondary N) is 1. The molecule has 22 heavy (non-hydrogen) atoms. The molecule has 0 bridgehead atoms. The monoisotopic (exact) mass is 298 g/mol. The molecule has 0 radical (unpaired) electrons. The lowest BCUT2D eigenvalue weighted by Crippen LogP contribution is -2.36. The zero-order valence-corrected chi connectivity index (χ0v) is 13.9. The summed E-state index contributed by atoms with van der Waals surface area (Å²) in [7, 11) is 2.05. The predicted molar refractivity (Wildman–Crippen MR) is 91.0 cm³/mol. The Hall–Kier alpha value is -1.77. The van der Waals surface area contributed by atoms with Crippen LogP contribution in [0.2, 0.25) is 0 Å². The van der Waals surface area contributed by atoms with Gasteiger partial charge in [-0.2, -0.15) is 0 Å². The van der Waals surface area contributed by atoms with Gasteiger partial charge in [-0.05, 0) is 24.5 Å². The van der Waals surface area contributed by atoms with Crippen molar-refractivity contribution in [3.8, 4) is 0 Å². The molecule has 2 aliphatic rings. The third kappa shape index (κ3) is 2.65. The Morgan fingerprint density at radius 2 is 1.91 bits per heavy atom. The van der Waals surface area contributed by atoms with Gasteiger partial charge in [-0.25, -0.2) is 0 Å². The number of rotatable bonds is 2. The summed E-state index contributed by atoms with van der Waals surface area (Å²) in [6, 6.07) is 8.76. The second-order valence-electron chi connectivity index (χ2n) is 7.07. The molecule has 1 saturated carbocycles. The van der Waals surface area contributed by atoms with E-state index in [9.17, 15) is 4.79 Å². The van der Waals surface area contributed by atoms with Crippen LogP contribution in [0.4, 0.5) is 5.69 Å². The van der Waals surface area contributed by atoms with Gasteiger partial charge in [0.15, 0.2) is 0 Å². The van der Waals surface area contributed by atoms with Gasteiger partial charge in [0.25, 0.3) is 0 Å². The first-order chi connectivity index (χ1) is 10.5. The Morgan fingerprint density at radius 1 is 1.23 bits per heavy atom. The van der Waals surface area contributed by atoms with E-state index in [4.69, 9.17) is 0 Å². The number of allylic oxidation sites excluding steroid dienone is 1. The maximum atomic E-state index is 12.4. The molecule has 0 spiro atoms. The van der Waals surface area contributed by atoms with Crippen LogP contribution in [0.3, 0.4) is 0 Å². The molecule has 0 atom stereocenters. The van der Waals surface area contributed by atoms with Crippen LogP contribution in [0.25, 0.3) is 0 Å². The summed E-state index contributed by atoms with van der Waals surface area (Å²) in [4.78, 5) is 14.6. The van der Waals surface area contributed by atoms with E-state index < -0.39 is 0 Å². The number of likely N-dealkylation sites (N-methyl/N-ethyl adjacent to an activating group) is 1. The molecule has 0 unspecified atom stereocenters. The standard InChI is InChI=1S/C19H26N2O/c1-19(2)15-11-7-8-12-16(15)21(3)17(19)13-18(22)20-14-9-5-4-6-10-14/h7-8,11-14H,4-6,9-10H2,1-3H3,(H,20,22)/b17-13+. The third-order valence-electron chi connectivity index (χ3n) is 5.16. The average Bonchev–Trinajstić information content (AvgIpc) is 2.70. The lowest BCUT2D eigenvalue weighted by molar-refractivity contribution is -0.117. The lowest BCUT2D eigenvalue weighted by atomic mass is 9.83. The first-order valence-corrected chi connectivity index (χ1v) is 8.36. The summed E-state index contributed by atoms with van der Waals surface area (Å²) in [5.74, 6) is 0.0506. The van der Waals surface area contributed by atoms with Crippen LogP contribution in [0.1, 0.15) is 51.5 Å². The summed E-state index contributed by atoms with van der Waals surface area (Å²) in [6.07, 6.45) is 7.81. The van der Waals surface area contributed by atoms with Crippen LogP contribution in [0.5, 0.6) is 0 Å². The highest BCUT2D eigenvalue weighted by Gasteiger charge is 2.38. The SMILES string of the molecule is CN1/C(=C/C(=O)NC2CCCCC2)C(C)(C)c2ccccc21. The average molecular weight is 298 g/mol. The zero-order chi connectivity index (χ0) is 15.7. The minimum atomic E-state index is -0.130. The molecular formula is C19H26N2O. The van der Waals surface area contributed by atoms with Crippen molar-refractivity contribution in [1.29, 1.82) is 0 Å². The fourth-order valence-electron chi connectivity index (χ4n) is 3.87. The number of hydrogen-bond acceptors (Lipinski definition) is 2. The van der Waals surface area contributed by atoms with Crippen LogP contribution in [-0.2, 0) is 10.2 Å². The van der Waals surface area contributed by atoms with E-state index in [0.717, 1.165) is 18.5 Å². The number of fused-ring (bicyclic) bond motifs is 1. The molecule has 1 aromatic rings. The fraction of sp³-hybridized carbons (Fsp3) is 0.526. The summed E-state index contributed by atoms with van der Waals surface area (Å²) >= 11 is 0. The van der Waals surface area contributed by atoms with Crippen molar-refractivity contribution in [2.45, 2.75) is 57.4 Å². The summed E-state index contributed by atoms with van der Waals surface area (Å²) < 4.78 is 0. The van der Waals surface area contributed by atoms with Crippen LogP contribution in [0, 0.1) is 0 Å². The summed E-state index contributed by atoms with van der Waals surface area (Å²) in [5.41, 5.74) is 3.43. The van der Waals surface area contributed by atoms with Crippen molar-refractivity contribution in [2.24, 2.45) is 0 Å². The van der Waals surface area contributed by atoms with Gasteiger partial charge in [-0.1, -0.05) is 51.3 Å². The number of carbonyl (C=O) groups is 1. The molecule has 1 amide bonds. The third-order valence-corrected chi connectivity index (χ3v) is 5.16. The largest absolute Gasteiger partial charge is 0.350 e. The summed E-state index contributed by atoms with van der Waals surface area (Å²) in [6.45, 7) is 4.38. The van der Waals surface area contributed by atoms with Crippen LogP contribution >= 0.6 is 0 Å². The van der Waals surface area contributed by atoms with Gasteiger partial charge >= 0.3 is 0 Å². The quantitative estimate of drug-likeness (QED) is 0.843. The Balaban J connectivity index is 1.80. The van der Waals surface area contributed by atoms with E-state index in [1.807, 2.05) is 7.05 Å². The number of benzene rings is 1.